The standard InChI is InChI=1S/C41H74O8/c1-4-6-8-22-28-36(44)30-24-18-14-10-12-16-20-26-32-39(46)48-38(34-42)41(35(3)43)49-40(47)33-27-21-17-13-11-15-19-25-31-37(45)29-23-9-7-5-2/h18-19,24-25,36-38,41-42,44-45H,4-17,20-23,26-34H2,1-3H3/t36-,37-,38?,41?/m1/s1. The van der Waals surface area contributed by atoms with Gasteiger partial charge in [0, 0.05) is 12.8 Å². The highest BCUT2D eigenvalue weighted by atomic mass is 16.6. The normalized spacial score (nSPS) is 14.2. The Morgan fingerprint density at radius 2 is 0.959 bits per heavy atom. The maximum absolute atomic E-state index is 12.4. The molecule has 0 fully saturated rings. The van der Waals surface area contributed by atoms with E-state index in [1.807, 2.05) is 0 Å². The number of unbranched alkanes of at least 4 members (excludes halogenated alkanes) is 16. The first-order valence-electron chi connectivity index (χ1n) is 19.9. The van der Waals surface area contributed by atoms with Gasteiger partial charge in [0.15, 0.2) is 18.0 Å². The molecule has 0 aliphatic carbocycles. The summed E-state index contributed by atoms with van der Waals surface area (Å²) in [5.41, 5.74) is 0. The van der Waals surface area contributed by atoms with E-state index in [4.69, 9.17) is 9.47 Å². The highest BCUT2D eigenvalue weighted by Gasteiger charge is 2.32. The van der Waals surface area contributed by atoms with Crippen LogP contribution in [0, 0.1) is 0 Å². The molecular formula is C41H74O8. The molecular weight excluding hydrogens is 620 g/mol. The molecule has 2 unspecified atom stereocenters. The van der Waals surface area contributed by atoms with E-state index in [0.717, 1.165) is 103 Å². The summed E-state index contributed by atoms with van der Waals surface area (Å²) < 4.78 is 10.7. The second-order valence-corrected chi connectivity index (χ2v) is 13.8. The van der Waals surface area contributed by atoms with Crippen LogP contribution >= 0.6 is 0 Å². The zero-order valence-electron chi connectivity index (χ0n) is 31.6. The quantitative estimate of drug-likeness (QED) is 0.0340. The Labute approximate surface area is 299 Å². The number of aliphatic hydroxyl groups excluding tert-OH is 3. The summed E-state index contributed by atoms with van der Waals surface area (Å²) in [5.74, 6) is -1.50. The van der Waals surface area contributed by atoms with Crippen LogP contribution in [0.5, 0.6) is 0 Å². The molecule has 0 aromatic heterocycles. The van der Waals surface area contributed by atoms with Crippen LogP contribution in [0.4, 0.5) is 0 Å². The second-order valence-electron chi connectivity index (χ2n) is 13.8. The van der Waals surface area contributed by atoms with Crippen molar-refractivity contribution in [2.45, 2.75) is 212 Å². The van der Waals surface area contributed by atoms with Crippen LogP contribution in [0.15, 0.2) is 24.3 Å². The van der Waals surface area contributed by atoms with Gasteiger partial charge < -0.3 is 24.8 Å². The summed E-state index contributed by atoms with van der Waals surface area (Å²) in [6.45, 7) is 5.04. The average Bonchev–Trinajstić information content (AvgIpc) is 3.08. The molecule has 0 heterocycles. The smallest absolute Gasteiger partial charge is 0.306 e. The van der Waals surface area contributed by atoms with Crippen LogP contribution in [-0.2, 0) is 23.9 Å². The summed E-state index contributed by atoms with van der Waals surface area (Å²) in [5, 5.41) is 29.8. The predicted octanol–water partition coefficient (Wildman–Crippen LogP) is 9.41. The zero-order valence-corrected chi connectivity index (χ0v) is 31.6. The third-order valence-electron chi connectivity index (χ3n) is 8.89. The van der Waals surface area contributed by atoms with Crippen molar-refractivity contribution in [2.24, 2.45) is 0 Å². The second kappa shape index (κ2) is 34.4. The lowest BCUT2D eigenvalue weighted by Gasteiger charge is -2.23. The van der Waals surface area contributed by atoms with Gasteiger partial charge in [0.2, 0.25) is 0 Å². The van der Waals surface area contributed by atoms with Gasteiger partial charge in [0.1, 0.15) is 0 Å². The molecule has 8 nitrogen and oxygen atoms in total. The van der Waals surface area contributed by atoms with E-state index >= 15 is 0 Å². The summed E-state index contributed by atoms with van der Waals surface area (Å²) in [7, 11) is 0. The number of hydrogen-bond acceptors (Lipinski definition) is 8. The van der Waals surface area contributed by atoms with Gasteiger partial charge in [-0.25, -0.2) is 0 Å². The minimum atomic E-state index is -1.31. The van der Waals surface area contributed by atoms with Gasteiger partial charge in [-0.3, -0.25) is 14.4 Å². The van der Waals surface area contributed by atoms with Crippen molar-refractivity contribution >= 4 is 17.7 Å². The van der Waals surface area contributed by atoms with Crippen molar-refractivity contribution in [3.63, 3.8) is 0 Å². The molecule has 0 aliphatic heterocycles. The highest BCUT2D eigenvalue weighted by molar-refractivity contribution is 5.84. The average molecular weight is 695 g/mol. The molecule has 0 saturated carbocycles. The van der Waals surface area contributed by atoms with E-state index in [-0.39, 0.29) is 25.0 Å². The van der Waals surface area contributed by atoms with Crippen LogP contribution in [0.3, 0.4) is 0 Å². The van der Waals surface area contributed by atoms with Crippen molar-refractivity contribution in [2.75, 3.05) is 6.61 Å². The first kappa shape index (κ1) is 47.0. The molecule has 4 atom stereocenters. The fourth-order valence-electron chi connectivity index (χ4n) is 5.76. The molecule has 0 aromatic rings. The number of carbonyl (C=O) groups excluding carboxylic acids is 3. The molecule has 49 heavy (non-hydrogen) atoms. The number of hydrogen-bond donors (Lipinski definition) is 3. The van der Waals surface area contributed by atoms with Gasteiger partial charge in [0.25, 0.3) is 0 Å². The van der Waals surface area contributed by atoms with Crippen molar-refractivity contribution in [1.82, 2.24) is 0 Å². The topological polar surface area (TPSA) is 130 Å². The summed E-state index contributed by atoms with van der Waals surface area (Å²) in [6.07, 6.45) is 29.7. The Hall–Kier alpha value is -2.03. The Morgan fingerprint density at radius 1 is 0.551 bits per heavy atom. The largest absolute Gasteiger partial charge is 0.455 e. The Kier molecular flexibility index (Phi) is 33.0. The number of allylic oxidation sites excluding steroid dienone is 2. The minimum Gasteiger partial charge on any atom is -0.455 e. The predicted molar refractivity (Wildman–Crippen MR) is 199 cm³/mol. The van der Waals surface area contributed by atoms with Crippen LogP contribution in [0.2, 0.25) is 0 Å². The van der Waals surface area contributed by atoms with E-state index in [1.54, 1.807) is 0 Å². The lowest BCUT2D eigenvalue weighted by atomic mass is 10.1. The molecule has 0 aromatic carbocycles. The lowest BCUT2D eigenvalue weighted by Crippen LogP contribution is -2.42. The van der Waals surface area contributed by atoms with Crippen LogP contribution in [0.1, 0.15) is 188 Å². The van der Waals surface area contributed by atoms with Gasteiger partial charge in [-0.05, 0) is 71.1 Å². The summed E-state index contributed by atoms with van der Waals surface area (Å²) in [4.78, 5) is 37.0. The molecule has 3 N–H and O–H groups in total. The van der Waals surface area contributed by atoms with E-state index in [0.29, 0.717) is 12.8 Å². The number of ether oxygens (including phenoxy) is 2. The zero-order chi connectivity index (χ0) is 36.4. The lowest BCUT2D eigenvalue weighted by molar-refractivity contribution is -0.174. The molecule has 0 bridgehead atoms. The third-order valence-corrected chi connectivity index (χ3v) is 8.89. The van der Waals surface area contributed by atoms with Crippen molar-refractivity contribution < 1.29 is 39.2 Å². The van der Waals surface area contributed by atoms with Gasteiger partial charge in [0.05, 0.1) is 18.8 Å². The molecule has 0 rings (SSSR count). The van der Waals surface area contributed by atoms with E-state index in [9.17, 15) is 29.7 Å². The van der Waals surface area contributed by atoms with E-state index in [2.05, 4.69) is 38.2 Å². The maximum Gasteiger partial charge on any atom is 0.306 e. The monoisotopic (exact) mass is 695 g/mol. The number of rotatable bonds is 35. The Bertz CT molecular complexity index is 854. The van der Waals surface area contributed by atoms with Crippen molar-refractivity contribution in [1.29, 1.82) is 0 Å². The highest BCUT2D eigenvalue weighted by Crippen LogP contribution is 2.15. The number of carbonyl (C=O) groups is 3. The van der Waals surface area contributed by atoms with Crippen LogP contribution in [-0.4, -0.2) is 64.1 Å². The van der Waals surface area contributed by atoms with Gasteiger partial charge >= 0.3 is 11.9 Å². The van der Waals surface area contributed by atoms with Gasteiger partial charge in [-0.2, -0.15) is 0 Å². The fourth-order valence-corrected chi connectivity index (χ4v) is 5.76. The Balaban J connectivity index is 4.04. The number of esters is 2. The van der Waals surface area contributed by atoms with Gasteiger partial charge in [-0.15, -0.1) is 0 Å². The SMILES string of the molecule is CCCCCC[C@@H](O)CC=CCCCCCCCC(=O)OC(CO)C(OC(=O)CCCCCCCC=CC[C@H](O)CCCCCC)C(C)=O. The molecule has 0 amide bonds. The minimum absolute atomic E-state index is 0.169. The molecule has 8 heteroatoms. The van der Waals surface area contributed by atoms with Gasteiger partial charge in [-0.1, -0.05) is 128 Å². The van der Waals surface area contributed by atoms with Crippen molar-refractivity contribution in [3.05, 3.63) is 24.3 Å². The maximum atomic E-state index is 12.4. The molecule has 0 aliphatic rings. The fraction of sp³-hybridized carbons (Fsp3) is 0.829. The Morgan fingerprint density at radius 3 is 1.39 bits per heavy atom. The summed E-state index contributed by atoms with van der Waals surface area (Å²) >= 11 is 0. The summed E-state index contributed by atoms with van der Waals surface area (Å²) in [6, 6.07) is 0. The molecule has 286 valence electrons. The number of aliphatic hydroxyl groups is 3. The van der Waals surface area contributed by atoms with Crippen LogP contribution in [0.25, 0.3) is 0 Å². The third kappa shape index (κ3) is 30.5. The molecule has 0 spiro atoms. The molecule has 0 saturated heterocycles. The van der Waals surface area contributed by atoms with E-state index < -0.39 is 36.5 Å². The number of Topliss-reactive ketones (excluding diaryl/α,β-unsaturated/α-hetero) is 1. The first-order chi connectivity index (χ1) is 23.7. The molecule has 0 radical (unpaired) electrons. The van der Waals surface area contributed by atoms with Crippen molar-refractivity contribution in [3.8, 4) is 0 Å². The van der Waals surface area contributed by atoms with E-state index in [1.165, 1.54) is 45.4 Å². The number of ketones is 1. The first-order valence-corrected chi connectivity index (χ1v) is 19.9. The van der Waals surface area contributed by atoms with Crippen LogP contribution < -0.4 is 0 Å².